The topological polar surface area (TPSA) is 37.9 Å². The van der Waals surface area contributed by atoms with E-state index in [0.29, 0.717) is 17.0 Å². The summed E-state index contributed by atoms with van der Waals surface area (Å²) in [4.78, 5) is 0. The van der Waals surface area contributed by atoms with E-state index in [4.69, 9.17) is 16.3 Å². The van der Waals surface area contributed by atoms with Gasteiger partial charge in [0.05, 0.1) is 12.8 Å². The minimum absolute atomic E-state index is 0.394. The van der Waals surface area contributed by atoms with E-state index >= 15 is 0 Å². The third kappa shape index (κ3) is 2.02. The zero-order chi connectivity index (χ0) is 11.5. The number of nitrogens with one attached hydrogen (secondary N) is 1. The molecule has 2 aromatic rings. The van der Waals surface area contributed by atoms with Crippen LogP contribution in [0.15, 0.2) is 30.5 Å². The molecule has 0 radical (unpaired) electrons. The summed E-state index contributed by atoms with van der Waals surface area (Å²) in [5.74, 6) is 0.0728. The summed E-state index contributed by atoms with van der Waals surface area (Å²) in [6.07, 6.45) is 1.58. The molecular weight excluding hydrogens is 231 g/mol. The largest absolute Gasteiger partial charge is 0.497 e. The maximum atomic E-state index is 13.7. The Bertz CT molecular complexity index is 473. The lowest BCUT2D eigenvalue weighted by atomic mass is 10.1. The number of H-pyrrole nitrogens is 1. The molecule has 84 valence electrons. The third-order valence-corrected chi connectivity index (χ3v) is 2.75. The fourth-order valence-electron chi connectivity index (χ4n) is 1.42. The molecule has 0 aliphatic heterocycles. The molecule has 0 aliphatic carbocycles. The Morgan fingerprint density at radius 1 is 1.44 bits per heavy atom. The standard InChI is InChI=1S/C11H10ClFN2O/c1-16-7-2-3-8(9(13)6-7)11(12)10-4-5-14-15-10/h2-6,11H,1H3,(H,14,15). The zero-order valence-electron chi connectivity index (χ0n) is 8.58. The monoisotopic (exact) mass is 240 g/mol. The molecule has 0 bridgehead atoms. The molecule has 1 N–H and O–H groups in total. The first kappa shape index (κ1) is 11.0. The fourth-order valence-corrected chi connectivity index (χ4v) is 1.71. The number of alkyl halides is 1. The second-order valence-electron chi connectivity index (χ2n) is 3.26. The number of aromatic amines is 1. The maximum absolute atomic E-state index is 13.7. The summed E-state index contributed by atoms with van der Waals surface area (Å²) in [5.41, 5.74) is 1.05. The molecule has 0 amide bonds. The summed E-state index contributed by atoms with van der Waals surface area (Å²) in [5, 5.41) is 5.91. The lowest BCUT2D eigenvalue weighted by Gasteiger charge is -2.09. The van der Waals surface area contributed by atoms with Crippen molar-refractivity contribution < 1.29 is 9.13 Å². The molecule has 5 heteroatoms. The normalized spacial score (nSPS) is 12.4. The van der Waals surface area contributed by atoms with Crippen molar-refractivity contribution in [2.24, 2.45) is 0 Å². The molecule has 0 saturated heterocycles. The zero-order valence-corrected chi connectivity index (χ0v) is 9.33. The summed E-state index contributed by atoms with van der Waals surface area (Å²) in [6, 6.07) is 6.29. The molecule has 1 heterocycles. The number of aromatic nitrogens is 2. The average molecular weight is 241 g/mol. The van der Waals surface area contributed by atoms with Gasteiger partial charge >= 0.3 is 0 Å². The van der Waals surface area contributed by atoms with Gasteiger partial charge < -0.3 is 4.74 Å². The van der Waals surface area contributed by atoms with Crippen molar-refractivity contribution in [3.63, 3.8) is 0 Å². The third-order valence-electron chi connectivity index (χ3n) is 2.28. The molecule has 1 aromatic heterocycles. The van der Waals surface area contributed by atoms with Gasteiger partial charge in [-0.25, -0.2) is 4.39 Å². The molecule has 0 fully saturated rings. The van der Waals surface area contributed by atoms with Gasteiger partial charge in [0, 0.05) is 17.8 Å². The van der Waals surface area contributed by atoms with Gasteiger partial charge in [-0.15, -0.1) is 11.6 Å². The molecule has 1 aromatic carbocycles. The van der Waals surface area contributed by atoms with Crippen LogP contribution in [0.1, 0.15) is 16.6 Å². The van der Waals surface area contributed by atoms with Gasteiger partial charge in [-0.05, 0) is 12.1 Å². The van der Waals surface area contributed by atoms with Crippen LogP contribution >= 0.6 is 11.6 Å². The van der Waals surface area contributed by atoms with Crippen LogP contribution < -0.4 is 4.74 Å². The van der Waals surface area contributed by atoms with Crippen molar-refractivity contribution in [3.05, 3.63) is 47.5 Å². The van der Waals surface area contributed by atoms with Crippen LogP contribution in [0.2, 0.25) is 0 Å². The number of hydrogen-bond acceptors (Lipinski definition) is 2. The summed E-state index contributed by atoms with van der Waals surface area (Å²) in [6.45, 7) is 0. The maximum Gasteiger partial charge on any atom is 0.131 e. The van der Waals surface area contributed by atoms with Gasteiger partial charge in [0.15, 0.2) is 0 Å². The molecule has 3 nitrogen and oxygen atoms in total. The first-order valence-corrected chi connectivity index (χ1v) is 5.13. The predicted octanol–water partition coefficient (Wildman–Crippen LogP) is 2.89. The number of methoxy groups -OCH3 is 1. The van der Waals surface area contributed by atoms with E-state index < -0.39 is 11.2 Å². The highest BCUT2D eigenvalue weighted by Crippen LogP contribution is 2.30. The SMILES string of the molecule is COc1ccc(C(Cl)c2ccn[nH]2)c(F)c1. The lowest BCUT2D eigenvalue weighted by molar-refractivity contribution is 0.410. The minimum Gasteiger partial charge on any atom is -0.497 e. The second kappa shape index (κ2) is 4.53. The fraction of sp³-hybridized carbons (Fsp3) is 0.182. The molecule has 0 saturated carbocycles. The second-order valence-corrected chi connectivity index (χ2v) is 3.70. The highest BCUT2D eigenvalue weighted by molar-refractivity contribution is 6.22. The van der Waals surface area contributed by atoms with Crippen molar-refractivity contribution in [1.29, 1.82) is 0 Å². The highest BCUT2D eigenvalue weighted by Gasteiger charge is 2.16. The van der Waals surface area contributed by atoms with Crippen molar-refractivity contribution in [2.75, 3.05) is 7.11 Å². The Hall–Kier alpha value is -1.55. The van der Waals surface area contributed by atoms with E-state index in [2.05, 4.69) is 10.2 Å². The van der Waals surface area contributed by atoms with Crippen LogP contribution in [0, 0.1) is 5.82 Å². The van der Waals surface area contributed by atoms with E-state index in [1.165, 1.54) is 13.2 Å². The van der Waals surface area contributed by atoms with E-state index in [1.807, 2.05) is 0 Å². The van der Waals surface area contributed by atoms with Crippen LogP contribution in [0.25, 0.3) is 0 Å². The highest BCUT2D eigenvalue weighted by atomic mass is 35.5. The van der Waals surface area contributed by atoms with E-state index in [-0.39, 0.29) is 0 Å². The quantitative estimate of drug-likeness (QED) is 0.838. The Labute approximate surface area is 97.2 Å². The molecule has 0 aliphatic rings. The van der Waals surface area contributed by atoms with Crippen LogP contribution in [0.3, 0.4) is 0 Å². The number of hydrogen-bond donors (Lipinski definition) is 1. The van der Waals surface area contributed by atoms with Gasteiger partial charge in [0.2, 0.25) is 0 Å². The van der Waals surface area contributed by atoms with Crippen molar-refractivity contribution in [2.45, 2.75) is 5.38 Å². The first-order valence-electron chi connectivity index (χ1n) is 4.69. The number of rotatable bonds is 3. The Morgan fingerprint density at radius 3 is 2.81 bits per heavy atom. The van der Waals surface area contributed by atoms with Crippen molar-refractivity contribution in [3.8, 4) is 5.75 Å². The van der Waals surface area contributed by atoms with E-state index in [9.17, 15) is 4.39 Å². The summed E-state index contributed by atoms with van der Waals surface area (Å²) in [7, 11) is 1.49. The van der Waals surface area contributed by atoms with Gasteiger partial charge in [-0.2, -0.15) is 5.10 Å². The minimum atomic E-state index is -0.576. The molecule has 0 spiro atoms. The number of nitrogens with zero attached hydrogens (tertiary/aromatic N) is 1. The number of ether oxygens (including phenoxy) is 1. The number of benzene rings is 1. The van der Waals surface area contributed by atoms with Crippen LogP contribution in [0.5, 0.6) is 5.75 Å². The van der Waals surface area contributed by atoms with Gasteiger partial charge in [-0.1, -0.05) is 6.07 Å². The van der Waals surface area contributed by atoms with Gasteiger partial charge in [0.25, 0.3) is 0 Å². The van der Waals surface area contributed by atoms with E-state index in [1.54, 1.807) is 24.4 Å². The smallest absolute Gasteiger partial charge is 0.131 e. The molecule has 16 heavy (non-hydrogen) atoms. The van der Waals surface area contributed by atoms with E-state index in [0.717, 1.165) is 0 Å². The Kier molecular flexibility index (Phi) is 3.10. The molecular formula is C11H10ClFN2O. The molecule has 1 atom stereocenters. The number of halogens is 2. The predicted molar refractivity (Wildman–Crippen MR) is 59.2 cm³/mol. The average Bonchev–Trinajstić information content (AvgIpc) is 2.81. The van der Waals surface area contributed by atoms with Gasteiger partial charge in [-0.3, -0.25) is 5.10 Å². The Morgan fingerprint density at radius 2 is 2.25 bits per heavy atom. The summed E-state index contributed by atoms with van der Waals surface area (Å²) < 4.78 is 18.6. The van der Waals surface area contributed by atoms with Gasteiger partial charge in [0.1, 0.15) is 16.9 Å². The van der Waals surface area contributed by atoms with Crippen molar-refractivity contribution in [1.82, 2.24) is 10.2 Å². The first-order chi connectivity index (χ1) is 7.72. The van der Waals surface area contributed by atoms with Crippen LogP contribution in [-0.2, 0) is 0 Å². The lowest BCUT2D eigenvalue weighted by Crippen LogP contribution is -1.98. The molecule has 1 unspecified atom stereocenters. The van der Waals surface area contributed by atoms with Crippen LogP contribution in [0.4, 0.5) is 4.39 Å². The summed E-state index contributed by atoms with van der Waals surface area (Å²) >= 11 is 6.12. The van der Waals surface area contributed by atoms with Crippen LogP contribution in [-0.4, -0.2) is 17.3 Å². The molecule has 2 rings (SSSR count). The van der Waals surface area contributed by atoms with Crippen molar-refractivity contribution >= 4 is 11.6 Å². The Balaban J connectivity index is 2.34.